The fraction of sp³-hybridized carbons (Fsp3) is 0.800. The van der Waals surface area contributed by atoms with E-state index in [0.29, 0.717) is 12.2 Å². The van der Waals surface area contributed by atoms with Gasteiger partial charge >= 0.3 is 5.97 Å². The van der Waals surface area contributed by atoms with Crippen LogP contribution in [0, 0.1) is 17.8 Å². The minimum absolute atomic E-state index is 0.00134. The van der Waals surface area contributed by atoms with Crippen molar-refractivity contribution in [1.82, 2.24) is 0 Å². The lowest BCUT2D eigenvalue weighted by Gasteiger charge is -2.39. The fourth-order valence-electron chi connectivity index (χ4n) is 2.64. The maximum atomic E-state index is 11.4. The van der Waals surface area contributed by atoms with Crippen LogP contribution >= 0.6 is 0 Å². The van der Waals surface area contributed by atoms with E-state index in [0.717, 1.165) is 19.3 Å². The molecule has 3 nitrogen and oxygen atoms in total. The van der Waals surface area contributed by atoms with E-state index in [-0.39, 0.29) is 23.7 Å². The van der Waals surface area contributed by atoms with Gasteiger partial charge in [-0.3, -0.25) is 9.59 Å². The normalized spacial score (nSPS) is 37.6. The van der Waals surface area contributed by atoms with E-state index in [9.17, 15) is 9.59 Å². The van der Waals surface area contributed by atoms with E-state index in [1.165, 1.54) is 7.11 Å². The first-order valence-corrected chi connectivity index (χ1v) is 4.83. The molecular formula is C10H14O3. The fourth-order valence-corrected chi connectivity index (χ4v) is 2.64. The third-order valence-corrected chi connectivity index (χ3v) is 3.42. The highest BCUT2D eigenvalue weighted by molar-refractivity contribution is 5.86. The molecule has 0 aromatic carbocycles. The number of hydrogen-bond donors (Lipinski definition) is 0. The second-order valence-corrected chi connectivity index (χ2v) is 4.07. The molecule has 3 aliphatic carbocycles. The Morgan fingerprint density at radius 3 is 2.69 bits per heavy atom. The Balaban J connectivity index is 2.10. The van der Waals surface area contributed by atoms with Gasteiger partial charge in [0.1, 0.15) is 5.78 Å². The van der Waals surface area contributed by atoms with Crippen LogP contribution in [0.15, 0.2) is 0 Å². The highest BCUT2D eigenvalue weighted by Crippen LogP contribution is 2.43. The van der Waals surface area contributed by atoms with Gasteiger partial charge in [-0.2, -0.15) is 0 Å². The minimum atomic E-state index is -0.123. The zero-order valence-electron chi connectivity index (χ0n) is 7.79. The van der Waals surface area contributed by atoms with Gasteiger partial charge in [-0.15, -0.1) is 0 Å². The summed E-state index contributed by atoms with van der Waals surface area (Å²) < 4.78 is 4.73. The van der Waals surface area contributed by atoms with Gasteiger partial charge < -0.3 is 4.74 Å². The van der Waals surface area contributed by atoms with Crippen molar-refractivity contribution in [1.29, 1.82) is 0 Å². The predicted octanol–water partition coefficient (Wildman–Crippen LogP) is 1.16. The molecule has 3 saturated carbocycles. The maximum Gasteiger partial charge on any atom is 0.308 e. The minimum Gasteiger partial charge on any atom is -0.469 e. The maximum absolute atomic E-state index is 11.4. The molecule has 3 heteroatoms. The molecule has 0 radical (unpaired) electrons. The Morgan fingerprint density at radius 1 is 1.46 bits per heavy atom. The Labute approximate surface area is 77.4 Å². The van der Waals surface area contributed by atoms with Crippen LogP contribution < -0.4 is 0 Å². The van der Waals surface area contributed by atoms with Gasteiger partial charge in [-0.05, 0) is 25.2 Å². The summed E-state index contributed by atoms with van der Waals surface area (Å²) in [4.78, 5) is 22.7. The van der Waals surface area contributed by atoms with Crippen LogP contribution in [0.5, 0.6) is 0 Å². The zero-order valence-corrected chi connectivity index (χ0v) is 7.79. The van der Waals surface area contributed by atoms with Crippen molar-refractivity contribution in [3.8, 4) is 0 Å². The highest BCUT2D eigenvalue weighted by atomic mass is 16.5. The number of carbonyl (C=O) groups is 2. The van der Waals surface area contributed by atoms with E-state index in [1.54, 1.807) is 0 Å². The largest absolute Gasteiger partial charge is 0.469 e. The Kier molecular flexibility index (Phi) is 2.10. The number of ketones is 1. The molecule has 3 fully saturated rings. The van der Waals surface area contributed by atoms with E-state index in [2.05, 4.69) is 0 Å². The van der Waals surface area contributed by atoms with Crippen molar-refractivity contribution in [2.75, 3.05) is 7.11 Å². The Morgan fingerprint density at radius 2 is 2.23 bits per heavy atom. The molecule has 0 spiro atoms. The number of carbonyl (C=O) groups excluding carboxylic acids is 2. The zero-order chi connectivity index (χ0) is 9.42. The summed E-state index contributed by atoms with van der Waals surface area (Å²) in [7, 11) is 1.42. The molecular weight excluding hydrogens is 168 g/mol. The second-order valence-electron chi connectivity index (χ2n) is 4.07. The Bertz CT molecular complexity index is 247. The number of ether oxygens (including phenoxy) is 1. The first kappa shape index (κ1) is 8.73. The average Bonchev–Trinajstić information content (AvgIpc) is 2.17. The highest BCUT2D eigenvalue weighted by Gasteiger charge is 2.44. The summed E-state index contributed by atoms with van der Waals surface area (Å²) in [5.74, 6) is 0.652. The summed E-state index contributed by atoms with van der Waals surface area (Å²) in [6.45, 7) is 0. The summed E-state index contributed by atoms with van der Waals surface area (Å²) in [6.07, 6.45) is 3.34. The van der Waals surface area contributed by atoms with E-state index >= 15 is 0 Å². The van der Waals surface area contributed by atoms with Crippen molar-refractivity contribution in [3.05, 3.63) is 0 Å². The van der Waals surface area contributed by atoms with Gasteiger partial charge in [0.25, 0.3) is 0 Å². The van der Waals surface area contributed by atoms with Crippen LogP contribution in [0.2, 0.25) is 0 Å². The summed E-state index contributed by atoms with van der Waals surface area (Å²) in [6, 6.07) is 0. The number of Topliss-reactive ketones (excluding diaryl/α,β-unsaturated/α-hetero) is 1. The second kappa shape index (κ2) is 3.13. The monoisotopic (exact) mass is 182 g/mol. The summed E-state index contributed by atoms with van der Waals surface area (Å²) in [5, 5.41) is 0. The van der Waals surface area contributed by atoms with Crippen molar-refractivity contribution in [3.63, 3.8) is 0 Å². The number of fused-ring (bicyclic) bond motifs is 3. The summed E-state index contributed by atoms with van der Waals surface area (Å²) >= 11 is 0. The molecule has 3 rings (SSSR count). The first-order chi connectivity index (χ1) is 6.22. The molecule has 13 heavy (non-hydrogen) atoms. The number of methoxy groups -OCH3 is 1. The lowest BCUT2D eigenvalue weighted by Crippen LogP contribution is -2.41. The number of esters is 1. The van der Waals surface area contributed by atoms with E-state index < -0.39 is 0 Å². The molecule has 0 aromatic heterocycles. The number of rotatable bonds is 1. The van der Waals surface area contributed by atoms with E-state index in [1.807, 2.05) is 0 Å². The van der Waals surface area contributed by atoms with Crippen LogP contribution in [0.25, 0.3) is 0 Å². The molecule has 0 aliphatic heterocycles. The van der Waals surface area contributed by atoms with Crippen molar-refractivity contribution in [2.45, 2.75) is 25.7 Å². The SMILES string of the molecule is COC(=O)C1C[C@H]2CC[C@@H]1CC2=O. The molecule has 3 aliphatic rings. The molecule has 1 unspecified atom stereocenters. The van der Waals surface area contributed by atoms with Crippen LogP contribution in [-0.4, -0.2) is 18.9 Å². The van der Waals surface area contributed by atoms with E-state index in [4.69, 9.17) is 4.74 Å². The summed E-state index contributed by atoms with van der Waals surface area (Å²) in [5.41, 5.74) is 0. The van der Waals surface area contributed by atoms with Crippen LogP contribution in [0.1, 0.15) is 25.7 Å². The standard InChI is InChI=1S/C10H14O3/c1-13-10(12)8-4-7-3-2-6(8)5-9(7)11/h6-8H,2-5H2,1H3/t6-,7-,8?/m1/s1. The topological polar surface area (TPSA) is 43.4 Å². The molecule has 0 aromatic rings. The molecule has 0 amide bonds. The van der Waals surface area contributed by atoms with Gasteiger partial charge in [0, 0.05) is 12.3 Å². The lowest BCUT2D eigenvalue weighted by molar-refractivity contribution is -0.153. The third-order valence-electron chi connectivity index (χ3n) is 3.42. The molecule has 3 atom stereocenters. The van der Waals surface area contributed by atoms with Gasteiger partial charge in [-0.1, -0.05) is 0 Å². The van der Waals surface area contributed by atoms with Crippen LogP contribution in [0.3, 0.4) is 0 Å². The predicted molar refractivity (Wildman–Crippen MR) is 46.0 cm³/mol. The van der Waals surface area contributed by atoms with Crippen molar-refractivity contribution < 1.29 is 14.3 Å². The smallest absolute Gasteiger partial charge is 0.308 e. The Hall–Kier alpha value is -0.860. The van der Waals surface area contributed by atoms with Crippen molar-refractivity contribution >= 4 is 11.8 Å². The van der Waals surface area contributed by atoms with Crippen molar-refractivity contribution in [2.24, 2.45) is 17.8 Å². The molecule has 2 bridgehead atoms. The average molecular weight is 182 g/mol. The lowest BCUT2D eigenvalue weighted by atomic mass is 9.64. The molecule has 72 valence electrons. The van der Waals surface area contributed by atoms with Gasteiger partial charge in [0.05, 0.1) is 13.0 Å². The van der Waals surface area contributed by atoms with Gasteiger partial charge in [0.2, 0.25) is 0 Å². The molecule has 0 saturated heterocycles. The van der Waals surface area contributed by atoms with Gasteiger partial charge in [-0.25, -0.2) is 0 Å². The first-order valence-electron chi connectivity index (χ1n) is 4.83. The van der Waals surface area contributed by atoms with Crippen LogP contribution in [0.4, 0.5) is 0 Å². The molecule has 0 N–H and O–H groups in total. The molecule has 0 heterocycles. The van der Waals surface area contributed by atoms with Gasteiger partial charge in [0.15, 0.2) is 0 Å². The third kappa shape index (κ3) is 1.36. The number of hydrogen-bond acceptors (Lipinski definition) is 3. The quantitative estimate of drug-likeness (QED) is 0.571. The van der Waals surface area contributed by atoms with Crippen LogP contribution in [-0.2, 0) is 14.3 Å².